The molecule has 2 aromatic rings. The van der Waals surface area contributed by atoms with Crippen molar-refractivity contribution >= 4 is 28.7 Å². The number of esters is 1. The molecule has 2 amide bonds. The van der Waals surface area contributed by atoms with Crippen LogP contribution in [0.5, 0.6) is 0 Å². The molecule has 1 aromatic carbocycles. The lowest BCUT2D eigenvalue weighted by Gasteiger charge is -2.13. The molecule has 0 saturated carbocycles. The van der Waals surface area contributed by atoms with E-state index in [-0.39, 0.29) is 11.6 Å². The first-order valence-electron chi connectivity index (χ1n) is 7.83. The average Bonchev–Trinajstić information content (AvgIpc) is 3.01. The van der Waals surface area contributed by atoms with E-state index >= 15 is 0 Å². The molecule has 3 N–H and O–H groups in total. The van der Waals surface area contributed by atoms with Crippen LogP contribution in [0, 0.1) is 0 Å². The zero-order valence-corrected chi connectivity index (χ0v) is 13.7. The SMILES string of the molecule is CCCNC(=O)[C@H](C)NC(=O)COC(=O)c1cc2ccccc2[nH]1. The van der Waals surface area contributed by atoms with Gasteiger partial charge in [0, 0.05) is 17.4 Å². The molecule has 0 unspecified atom stereocenters. The van der Waals surface area contributed by atoms with Gasteiger partial charge < -0.3 is 20.4 Å². The molecule has 2 rings (SSSR count). The van der Waals surface area contributed by atoms with E-state index in [0.29, 0.717) is 6.54 Å². The molecular formula is C17H21N3O4. The second-order valence-corrected chi connectivity index (χ2v) is 5.43. The summed E-state index contributed by atoms with van der Waals surface area (Å²) >= 11 is 0. The maximum absolute atomic E-state index is 12.0. The van der Waals surface area contributed by atoms with E-state index in [9.17, 15) is 14.4 Å². The Bertz CT molecular complexity index is 705. The van der Waals surface area contributed by atoms with Crippen LogP contribution >= 0.6 is 0 Å². The summed E-state index contributed by atoms with van der Waals surface area (Å²) in [5.74, 6) is -1.42. The molecule has 7 heteroatoms. The van der Waals surface area contributed by atoms with Gasteiger partial charge >= 0.3 is 5.97 Å². The number of rotatable bonds is 7. The van der Waals surface area contributed by atoms with Gasteiger partial charge in [-0.2, -0.15) is 0 Å². The quantitative estimate of drug-likeness (QED) is 0.667. The van der Waals surface area contributed by atoms with Crippen molar-refractivity contribution in [1.82, 2.24) is 15.6 Å². The van der Waals surface area contributed by atoms with E-state index in [0.717, 1.165) is 17.3 Å². The number of aromatic nitrogens is 1. The predicted octanol–water partition coefficient (Wildman–Crippen LogP) is 1.36. The number of nitrogens with one attached hydrogen (secondary N) is 3. The molecule has 0 radical (unpaired) electrons. The van der Waals surface area contributed by atoms with Crippen molar-refractivity contribution in [3.63, 3.8) is 0 Å². The fourth-order valence-electron chi connectivity index (χ4n) is 2.14. The summed E-state index contributed by atoms with van der Waals surface area (Å²) in [6.07, 6.45) is 0.814. The molecule has 128 valence electrons. The monoisotopic (exact) mass is 331 g/mol. The van der Waals surface area contributed by atoms with Crippen LogP contribution in [-0.4, -0.2) is 42.0 Å². The summed E-state index contributed by atoms with van der Waals surface area (Å²) in [5.41, 5.74) is 1.09. The topological polar surface area (TPSA) is 100 Å². The van der Waals surface area contributed by atoms with Gasteiger partial charge in [-0.3, -0.25) is 9.59 Å². The lowest BCUT2D eigenvalue weighted by molar-refractivity contribution is -0.130. The standard InChI is InChI=1S/C17H21N3O4/c1-3-8-18-16(22)11(2)19-15(21)10-24-17(23)14-9-12-6-4-5-7-13(12)20-14/h4-7,9,11,20H,3,8,10H2,1-2H3,(H,18,22)(H,19,21)/t11-/m0/s1. The van der Waals surface area contributed by atoms with Gasteiger partial charge in [-0.05, 0) is 25.5 Å². The Morgan fingerprint density at radius 2 is 2.00 bits per heavy atom. The highest BCUT2D eigenvalue weighted by atomic mass is 16.5. The van der Waals surface area contributed by atoms with Gasteiger partial charge in [0.1, 0.15) is 11.7 Å². The van der Waals surface area contributed by atoms with Crippen molar-refractivity contribution in [1.29, 1.82) is 0 Å². The number of H-pyrrole nitrogens is 1. The molecular weight excluding hydrogens is 310 g/mol. The van der Waals surface area contributed by atoms with Crippen molar-refractivity contribution < 1.29 is 19.1 Å². The Morgan fingerprint density at radius 3 is 2.71 bits per heavy atom. The minimum Gasteiger partial charge on any atom is -0.451 e. The van der Waals surface area contributed by atoms with Crippen LogP contribution in [0.1, 0.15) is 30.8 Å². The number of hydrogen-bond donors (Lipinski definition) is 3. The number of aromatic amines is 1. The smallest absolute Gasteiger partial charge is 0.355 e. The van der Waals surface area contributed by atoms with Crippen LogP contribution < -0.4 is 10.6 Å². The lowest BCUT2D eigenvalue weighted by atomic mass is 10.2. The summed E-state index contributed by atoms with van der Waals surface area (Å²) in [7, 11) is 0. The van der Waals surface area contributed by atoms with Crippen LogP contribution in [0.4, 0.5) is 0 Å². The fourth-order valence-corrected chi connectivity index (χ4v) is 2.14. The molecule has 24 heavy (non-hydrogen) atoms. The largest absolute Gasteiger partial charge is 0.451 e. The van der Waals surface area contributed by atoms with Gasteiger partial charge in [0.15, 0.2) is 6.61 Å². The highest BCUT2D eigenvalue weighted by Crippen LogP contribution is 2.15. The first kappa shape index (κ1) is 17.5. The van der Waals surface area contributed by atoms with E-state index in [1.807, 2.05) is 31.2 Å². The average molecular weight is 331 g/mol. The van der Waals surface area contributed by atoms with E-state index in [2.05, 4.69) is 15.6 Å². The van der Waals surface area contributed by atoms with Gasteiger partial charge in [0.05, 0.1) is 0 Å². The maximum Gasteiger partial charge on any atom is 0.355 e. The fraction of sp³-hybridized carbons (Fsp3) is 0.353. The Morgan fingerprint density at radius 1 is 1.25 bits per heavy atom. The molecule has 0 fully saturated rings. The molecule has 1 atom stereocenters. The molecule has 0 spiro atoms. The molecule has 0 aliphatic heterocycles. The van der Waals surface area contributed by atoms with Crippen LogP contribution in [-0.2, 0) is 14.3 Å². The predicted molar refractivity (Wildman–Crippen MR) is 89.5 cm³/mol. The third-order valence-corrected chi connectivity index (χ3v) is 3.40. The third kappa shape index (κ3) is 4.58. The van der Waals surface area contributed by atoms with Gasteiger partial charge in [0.25, 0.3) is 5.91 Å². The van der Waals surface area contributed by atoms with Crippen LogP contribution in [0.25, 0.3) is 10.9 Å². The van der Waals surface area contributed by atoms with E-state index in [1.165, 1.54) is 0 Å². The van der Waals surface area contributed by atoms with E-state index in [1.54, 1.807) is 13.0 Å². The van der Waals surface area contributed by atoms with Gasteiger partial charge in [-0.25, -0.2) is 4.79 Å². The molecule has 0 aliphatic carbocycles. The summed E-state index contributed by atoms with van der Waals surface area (Å²) < 4.78 is 4.97. The number of benzene rings is 1. The Balaban J connectivity index is 1.82. The van der Waals surface area contributed by atoms with Gasteiger partial charge in [0.2, 0.25) is 5.91 Å². The minimum absolute atomic E-state index is 0.271. The van der Waals surface area contributed by atoms with Crippen molar-refractivity contribution in [2.45, 2.75) is 26.3 Å². The third-order valence-electron chi connectivity index (χ3n) is 3.40. The molecule has 1 heterocycles. The summed E-state index contributed by atoms with van der Waals surface area (Å²) in [4.78, 5) is 38.3. The van der Waals surface area contributed by atoms with Gasteiger partial charge in [-0.15, -0.1) is 0 Å². The molecule has 0 bridgehead atoms. The number of carbonyl (C=O) groups is 3. The van der Waals surface area contributed by atoms with Gasteiger partial charge in [-0.1, -0.05) is 25.1 Å². The normalized spacial score (nSPS) is 11.8. The zero-order valence-electron chi connectivity index (χ0n) is 13.7. The number of para-hydroxylation sites is 1. The number of hydrogen-bond acceptors (Lipinski definition) is 4. The van der Waals surface area contributed by atoms with Crippen molar-refractivity contribution in [2.24, 2.45) is 0 Å². The second kappa shape index (κ2) is 8.14. The molecule has 0 aliphatic rings. The number of amides is 2. The number of ether oxygens (including phenoxy) is 1. The number of carbonyl (C=O) groups excluding carboxylic acids is 3. The summed E-state index contributed by atoms with van der Waals surface area (Å²) in [6, 6.07) is 8.41. The van der Waals surface area contributed by atoms with Crippen LogP contribution in [0.15, 0.2) is 30.3 Å². The van der Waals surface area contributed by atoms with E-state index in [4.69, 9.17) is 4.74 Å². The highest BCUT2D eigenvalue weighted by molar-refractivity contribution is 5.96. The van der Waals surface area contributed by atoms with E-state index < -0.39 is 24.5 Å². The second-order valence-electron chi connectivity index (χ2n) is 5.43. The zero-order chi connectivity index (χ0) is 17.5. The van der Waals surface area contributed by atoms with Crippen molar-refractivity contribution in [3.05, 3.63) is 36.0 Å². The molecule has 1 aromatic heterocycles. The highest BCUT2D eigenvalue weighted by Gasteiger charge is 2.17. The summed E-state index contributed by atoms with van der Waals surface area (Å²) in [6.45, 7) is 3.61. The number of fused-ring (bicyclic) bond motifs is 1. The molecule has 0 saturated heterocycles. The Kier molecular flexibility index (Phi) is 5.95. The maximum atomic E-state index is 12.0. The van der Waals surface area contributed by atoms with Crippen LogP contribution in [0.2, 0.25) is 0 Å². The van der Waals surface area contributed by atoms with Crippen molar-refractivity contribution in [3.8, 4) is 0 Å². The first-order chi connectivity index (χ1) is 11.5. The Labute approximate surface area is 139 Å². The minimum atomic E-state index is -0.684. The first-order valence-corrected chi connectivity index (χ1v) is 7.83. The van der Waals surface area contributed by atoms with Crippen molar-refractivity contribution in [2.75, 3.05) is 13.2 Å². The summed E-state index contributed by atoms with van der Waals surface area (Å²) in [5, 5.41) is 6.04. The lowest BCUT2D eigenvalue weighted by Crippen LogP contribution is -2.46. The van der Waals surface area contributed by atoms with Crippen LogP contribution in [0.3, 0.4) is 0 Å². The Hall–Kier alpha value is -2.83. The molecule has 7 nitrogen and oxygen atoms in total.